The van der Waals surface area contributed by atoms with Crippen molar-refractivity contribution in [3.63, 3.8) is 0 Å². The van der Waals surface area contributed by atoms with Gasteiger partial charge in [0.25, 0.3) is 5.91 Å². The molecule has 0 radical (unpaired) electrons. The molecule has 0 aliphatic heterocycles. The number of amides is 2. The zero-order valence-corrected chi connectivity index (χ0v) is 16.1. The highest BCUT2D eigenvalue weighted by molar-refractivity contribution is 6.04. The molecule has 3 rings (SSSR count). The Morgan fingerprint density at radius 2 is 1.76 bits per heavy atom. The second-order valence-electron chi connectivity index (χ2n) is 6.80. The summed E-state index contributed by atoms with van der Waals surface area (Å²) in [6.45, 7) is 2.30. The summed E-state index contributed by atoms with van der Waals surface area (Å²) in [5, 5.41) is 2.72. The van der Waals surface area contributed by atoms with Crippen LogP contribution in [0.3, 0.4) is 0 Å². The zero-order valence-electron chi connectivity index (χ0n) is 16.1. The first-order valence-electron chi connectivity index (χ1n) is 9.17. The first-order valence-corrected chi connectivity index (χ1v) is 9.17. The van der Waals surface area contributed by atoms with Gasteiger partial charge in [-0.1, -0.05) is 48.0 Å². The Kier molecular flexibility index (Phi) is 6.24. The lowest BCUT2D eigenvalue weighted by Crippen LogP contribution is -2.33. The Morgan fingerprint density at radius 3 is 2.48 bits per heavy atom. The van der Waals surface area contributed by atoms with E-state index < -0.39 is 17.6 Å². The molecule has 29 heavy (non-hydrogen) atoms. The summed E-state index contributed by atoms with van der Waals surface area (Å²) >= 11 is 0. The summed E-state index contributed by atoms with van der Waals surface area (Å²) in [6.07, 6.45) is 0. The Hall–Kier alpha value is -3.67. The summed E-state index contributed by atoms with van der Waals surface area (Å²) in [7, 11) is 0. The van der Waals surface area contributed by atoms with Crippen LogP contribution in [0.4, 0.5) is 15.8 Å². The van der Waals surface area contributed by atoms with Gasteiger partial charge >= 0.3 is 0 Å². The number of benzene rings is 3. The number of halogens is 1. The van der Waals surface area contributed by atoms with E-state index >= 15 is 0 Å². The highest BCUT2D eigenvalue weighted by Crippen LogP contribution is 2.22. The van der Waals surface area contributed by atoms with Gasteiger partial charge in [-0.3, -0.25) is 9.59 Å². The number of nitrogens with zero attached hydrogens (tertiary/aromatic N) is 1. The van der Waals surface area contributed by atoms with Gasteiger partial charge in [0.1, 0.15) is 5.82 Å². The van der Waals surface area contributed by atoms with Crippen LogP contribution in [0.15, 0.2) is 72.8 Å². The molecule has 0 saturated carbocycles. The molecule has 0 spiro atoms. The fourth-order valence-corrected chi connectivity index (χ4v) is 3.02. The Labute approximate surface area is 169 Å². The molecule has 0 saturated heterocycles. The maximum absolute atomic E-state index is 14.0. The average Bonchev–Trinajstić information content (AvgIpc) is 2.70. The molecule has 0 unspecified atom stereocenters. The summed E-state index contributed by atoms with van der Waals surface area (Å²) in [5.74, 6) is -1.58. The number of anilines is 2. The average molecular weight is 391 g/mol. The highest BCUT2D eigenvalue weighted by atomic mass is 19.1. The number of hydrogen-bond donors (Lipinski definition) is 2. The number of primary amides is 1. The predicted molar refractivity (Wildman–Crippen MR) is 112 cm³/mol. The topological polar surface area (TPSA) is 75.4 Å². The molecule has 0 aliphatic rings. The minimum absolute atomic E-state index is 0.0197. The summed E-state index contributed by atoms with van der Waals surface area (Å²) < 4.78 is 14.0. The molecule has 0 fully saturated rings. The van der Waals surface area contributed by atoms with Gasteiger partial charge in [0.15, 0.2) is 0 Å². The summed E-state index contributed by atoms with van der Waals surface area (Å²) in [5.41, 5.74) is 8.42. The van der Waals surface area contributed by atoms with Crippen molar-refractivity contribution in [3.8, 4) is 0 Å². The summed E-state index contributed by atoms with van der Waals surface area (Å²) in [6, 6.07) is 21.1. The fourth-order valence-electron chi connectivity index (χ4n) is 3.02. The lowest BCUT2D eigenvalue weighted by Gasteiger charge is -2.24. The van der Waals surface area contributed by atoms with Gasteiger partial charge in [-0.25, -0.2) is 4.39 Å². The molecule has 0 atom stereocenters. The highest BCUT2D eigenvalue weighted by Gasteiger charge is 2.14. The summed E-state index contributed by atoms with van der Waals surface area (Å²) in [4.78, 5) is 25.9. The van der Waals surface area contributed by atoms with Crippen LogP contribution in [-0.2, 0) is 11.3 Å². The van der Waals surface area contributed by atoms with E-state index in [2.05, 4.69) is 5.32 Å². The van der Waals surface area contributed by atoms with E-state index in [0.29, 0.717) is 12.2 Å². The third-order valence-corrected chi connectivity index (χ3v) is 4.40. The van der Waals surface area contributed by atoms with E-state index in [1.54, 1.807) is 31.2 Å². The largest absolute Gasteiger partial charge is 0.368 e. The van der Waals surface area contributed by atoms with Crippen molar-refractivity contribution in [3.05, 3.63) is 95.3 Å². The van der Waals surface area contributed by atoms with Crippen LogP contribution < -0.4 is 16.0 Å². The number of hydrogen-bond acceptors (Lipinski definition) is 3. The first kappa shape index (κ1) is 20.1. The van der Waals surface area contributed by atoms with Gasteiger partial charge in [0.05, 0.1) is 12.1 Å². The Balaban J connectivity index is 1.83. The van der Waals surface area contributed by atoms with Crippen molar-refractivity contribution in [2.24, 2.45) is 5.73 Å². The molecule has 0 aromatic heterocycles. The first-order chi connectivity index (χ1) is 13.9. The smallest absolute Gasteiger partial charge is 0.258 e. The molecule has 5 nitrogen and oxygen atoms in total. The third kappa shape index (κ3) is 5.42. The predicted octanol–water partition coefficient (Wildman–Crippen LogP) is 3.88. The van der Waals surface area contributed by atoms with E-state index in [0.717, 1.165) is 16.8 Å². The van der Waals surface area contributed by atoms with E-state index in [1.165, 1.54) is 12.1 Å². The monoisotopic (exact) mass is 391 g/mol. The molecule has 0 heterocycles. The zero-order chi connectivity index (χ0) is 20.8. The van der Waals surface area contributed by atoms with Crippen molar-refractivity contribution in [2.45, 2.75) is 13.5 Å². The number of carbonyl (C=O) groups excluding carboxylic acids is 2. The van der Waals surface area contributed by atoms with Gasteiger partial charge in [0.2, 0.25) is 5.91 Å². The molecular weight excluding hydrogens is 369 g/mol. The number of aryl methyl sites for hydroxylation is 1. The molecule has 3 aromatic carbocycles. The Bertz CT molecular complexity index is 1020. The van der Waals surface area contributed by atoms with E-state index in [9.17, 15) is 14.0 Å². The molecule has 148 valence electrons. The van der Waals surface area contributed by atoms with Gasteiger partial charge in [-0.05, 0) is 42.8 Å². The third-order valence-electron chi connectivity index (χ3n) is 4.40. The van der Waals surface area contributed by atoms with Crippen molar-refractivity contribution < 1.29 is 14.0 Å². The van der Waals surface area contributed by atoms with Gasteiger partial charge in [-0.2, -0.15) is 0 Å². The van der Waals surface area contributed by atoms with Crippen LogP contribution in [0.5, 0.6) is 0 Å². The van der Waals surface area contributed by atoms with E-state index in [4.69, 9.17) is 5.73 Å². The maximum Gasteiger partial charge on any atom is 0.258 e. The van der Waals surface area contributed by atoms with Gasteiger partial charge in [0, 0.05) is 17.9 Å². The van der Waals surface area contributed by atoms with E-state index in [1.807, 2.05) is 41.3 Å². The van der Waals surface area contributed by atoms with Crippen molar-refractivity contribution in [1.29, 1.82) is 0 Å². The Morgan fingerprint density at radius 1 is 1.00 bits per heavy atom. The molecule has 2 amide bonds. The van der Waals surface area contributed by atoms with Crippen LogP contribution >= 0.6 is 0 Å². The second kappa shape index (κ2) is 9.01. The molecule has 3 aromatic rings. The normalized spacial score (nSPS) is 10.4. The van der Waals surface area contributed by atoms with Crippen LogP contribution in [0, 0.1) is 12.7 Å². The molecule has 6 heteroatoms. The molecule has 0 aliphatic carbocycles. The number of rotatable bonds is 7. The van der Waals surface area contributed by atoms with Gasteiger partial charge in [-0.15, -0.1) is 0 Å². The quantitative estimate of drug-likeness (QED) is 0.642. The molecule has 3 N–H and O–H groups in total. The fraction of sp³-hybridized carbons (Fsp3) is 0.130. The minimum Gasteiger partial charge on any atom is -0.368 e. The van der Waals surface area contributed by atoms with Gasteiger partial charge < -0.3 is 16.0 Å². The van der Waals surface area contributed by atoms with Crippen LogP contribution in [0.25, 0.3) is 0 Å². The van der Waals surface area contributed by atoms with Crippen molar-refractivity contribution >= 4 is 23.2 Å². The molecule has 0 bridgehead atoms. The standard InChI is InChI=1S/C23H22FN3O2/c1-16-10-11-21(24)20(12-16)23(29)26-18-8-5-9-19(13-18)27(15-22(25)28)14-17-6-3-2-4-7-17/h2-13H,14-15H2,1H3,(H2,25,28)(H,26,29). The second-order valence-corrected chi connectivity index (χ2v) is 6.80. The van der Waals surface area contributed by atoms with Crippen LogP contribution in [-0.4, -0.2) is 18.4 Å². The number of nitrogens with two attached hydrogens (primary N) is 1. The lowest BCUT2D eigenvalue weighted by molar-refractivity contribution is -0.116. The van der Waals surface area contributed by atoms with Crippen molar-refractivity contribution in [2.75, 3.05) is 16.8 Å². The number of carbonyl (C=O) groups is 2. The SMILES string of the molecule is Cc1ccc(F)c(C(=O)Nc2cccc(N(CC(N)=O)Cc3ccccc3)c2)c1. The maximum atomic E-state index is 14.0. The van der Waals surface area contributed by atoms with E-state index in [-0.39, 0.29) is 12.1 Å². The van der Waals surface area contributed by atoms with Crippen LogP contribution in [0.1, 0.15) is 21.5 Å². The number of nitrogens with one attached hydrogen (secondary N) is 1. The lowest BCUT2D eigenvalue weighted by atomic mass is 10.1. The molecular formula is C23H22FN3O2. The minimum atomic E-state index is -0.580. The van der Waals surface area contributed by atoms with Crippen molar-refractivity contribution in [1.82, 2.24) is 0 Å². The van der Waals surface area contributed by atoms with Crippen LogP contribution in [0.2, 0.25) is 0 Å².